The first-order valence-corrected chi connectivity index (χ1v) is 6.39. The monoisotopic (exact) mass is 223 g/mol. The van der Waals surface area contributed by atoms with Crippen LogP contribution in [0.2, 0.25) is 0 Å². The van der Waals surface area contributed by atoms with E-state index in [0.29, 0.717) is 6.10 Å². The van der Waals surface area contributed by atoms with E-state index in [-0.39, 0.29) is 6.10 Å². The standard InChI is InChI=1S/C14H25NO/c1-4-6-7-8-13(5-2)16-14-9-11-15(3)12-10-14/h4,6-8,13-14H,5,9-12H2,1-3H3/b6-4-,8-7-. The second-order valence-electron chi connectivity index (χ2n) is 4.50. The molecule has 1 atom stereocenters. The zero-order valence-electron chi connectivity index (χ0n) is 10.9. The molecule has 0 aromatic rings. The van der Waals surface area contributed by atoms with E-state index in [2.05, 4.69) is 37.1 Å². The lowest BCUT2D eigenvalue weighted by molar-refractivity contribution is -0.0201. The molecular formula is C14H25NO. The largest absolute Gasteiger partial charge is 0.371 e. The Morgan fingerprint density at radius 1 is 1.31 bits per heavy atom. The Labute approximate surface area is 100.0 Å². The molecule has 1 aliphatic rings. The smallest absolute Gasteiger partial charge is 0.0760 e. The molecule has 1 unspecified atom stereocenters. The number of likely N-dealkylation sites (tertiary alicyclic amines) is 1. The lowest BCUT2D eigenvalue weighted by Gasteiger charge is -2.30. The van der Waals surface area contributed by atoms with E-state index in [1.807, 2.05) is 13.0 Å². The van der Waals surface area contributed by atoms with Crippen molar-refractivity contribution in [2.75, 3.05) is 20.1 Å². The summed E-state index contributed by atoms with van der Waals surface area (Å²) in [4.78, 5) is 2.37. The van der Waals surface area contributed by atoms with Gasteiger partial charge in [0, 0.05) is 13.1 Å². The molecule has 92 valence electrons. The summed E-state index contributed by atoms with van der Waals surface area (Å²) < 4.78 is 6.09. The van der Waals surface area contributed by atoms with Gasteiger partial charge in [-0.1, -0.05) is 31.2 Å². The van der Waals surface area contributed by atoms with Crippen LogP contribution < -0.4 is 0 Å². The third-order valence-corrected chi connectivity index (χ3v) is 3.06. The van der Waals surface area contributed by atoms with E-state index >= 15 is 0 Å². The van der Waals surface area contributed by atoms with Crippen LogP contribution in [0.5, 0.6) is 0 Å². The van der Waals surface area contributed by atoms with Crippen LogP contribution in [0.1, 0.15) is 33.1 Å². The minimum absolute atomic E-state index is 0.282. The van der Waals surface area contributed by atoms with E-state index < -0.39 is 0 Å². The maximum atomic E-state index is 6.09. The molecule has 0 radical (unpaired) electrons. The molecule has 0 spiro atoms. The molecule has 0 saturated carbocycles. The molecule has 2 heteroatoms. The summed E-state index contributed by atoms with van der Waals surface area (Å²) >= 11 is 0. The van der Waals surface area contributed by atoms with Crippen molar-refractivity contribution in [3.8, 4) is 0 Å². The maximum absolute atomic E-state index is 6.09. The van der Waals surface area contributed by atoms with E-state index in [4.69, 9.17) is 4.74 Å². The summed E-state index contributed by atoms with van der Waals surface area (Å²) in [5, 5.41) is 0. The van der Waals surface area contributed by atoms with Crippen LogP contribution in [0.15, 0.2) is 24.3 Å². The molecule has 1 saturated heterocycles. The van der Waals surface area contributed by atoms with Crippen molar-refractivity contribution in [1.82, 2.24) is 4.90 Å². The van der Waals surface area contributed by atoms with Gasteiger partial charge in [0.25, 0.3) is 0 Å². The van der Waals surface area contributed by atoms with Gasteiger partial charge in [-0.25, -0.2) is 0 Å². The Morgan fingerprint density at radius 2 is 2.00 bits per heavy atom. The van der Waals surface area contributed by atoms with Crippen LogP contribution in [-0.2, 0) is 4.74 Å². The molecule has 0 aliphatic carbocycles. The summed E-state index contributed by atoms with van der Waals surface area (Å²) in [6, 6.07) is 0. The maximum Gasteiger partial charge on any atom is 0.0760 e. The van der Waals surface area contributed by atoms with Crippen molar-refractivity contribution in [3.05, 3.63) is 24.3 Å². The molecule has 0 amide bonds. The molecule has 16 heavy (non-hydrogen) atoms. The first-order valence-electron chi connectivity index (χ1n) is 6.39. The number of piperidine rings is 1. The fourth-order valence-electron chi connectivity index (χ4n) is 1.95. The van der Waals surface area contributed by atoms with Crippen molar-refractivity contribution < 1.29 is 4.74 Å². The predicted molar refractivity (Wildman–Crippen MR) is 69.6 cm³/mol. The molecule has 1 rings (SSSR count). The Bertz CT molecular complexity index is 227. The summed E-state index contributed by atoms with van der Waals surface area (Å²) in [5.74, 6) is 0. The topological polar surface area (TPSA) is 12.5 Å². The molecule has 2 nitrogen and oxygen atoms in total. The van der Waals surface area contributed by atoms with Crippen LogP contribution >= 0.6 is 0 Å². The van der Waals surface area contributed by atoms with Gasteiger partial charge in [0.15, 0.2) is 0 Å². The summed E-state index contributed by atoms with van der Waals surface area (Å²) in [7, 11) is 2.18. The van der Waals surface area contributed by atoms with E-state index in [9.17, 15) is 0 Å². The second kappa shape index (κ2) is 7.64. The lowest BCUT2D eigenvalue weighted by Crippen LogP contribution is -2.35. The zero-order valence-corrected chi connectivity index (χ0v) is 10.9. The van der Waals surface area contributed by atoms with Gasteiger partial charge < -0.3 is 9.64 Å². The van der Waals surface area contributed by atoms with Gasteiger partial charge in [-0.05, 0) is 33.2 Å². The van der Waals surface area contributed by atoms with E-state index in [0.717, 1.165) is 6.42 Å². The van der Waals surface area contributed by atoms with Gasteiger partial charge in [-0.3, -0.25) is 0 Å². The Kier molecular flexibility index (Phi) is 6.43. The van der Waals surface area contributed by atoms with E-state index in [1.54, 1.807) is 0 Å². The SMILES string of the molecule is C/C=C\C=C/C(CC)OC1CCN(C)CC1. The van der Waals surface area contributed by atoms with Gasteiger partial charge >= 0.3 is 0 Å². The number of hydrogen-bond acceptors (Lipinski definition) is 2. The number of rotatable bonds is 5. The highest BCUT2D eigenvalue weighted by molar-refractivity contribution is 5.04. The van der Waals surface area contributed by atoms with Crippen LogP contribution in [-0.4, -0.2) is 37.2 Å². The number of hydrogen-bond donors (Lipinski definition) is 0. The first-order chi connectivity index (χ1) is 7.76. The van der Waals surface area contributed by atoms with Crippen molar-refractivity contribution >= 4 is 0 Å². The third kappa shape index (κ3) is 4.95. The molecule has 1 heterocycles. The molecular weight excluding hydrogens is 198 g/mol. The van der Waals surface area contributed by atoms with Gasteiger partial charge in [0.2, 0.25) is 0 Å². The number of nitrogens with zero attached hydrogens (tertiary/aromatic N) is 1. The van der Waals surface area contributed by atoms with Crippen LogP contribution in [0, 0.1) is 0 Å². The average molecular weight is 223 g/mol. The van der Waals surface area contributed by atoms with Crippen molar-refractivity contribution in [3.63, 3.8) is 0 Å². The zero-order chi connectivity index (χ0) is 11.8. The Balaban J connectivity index is 2.32. The van der Waals surface area contributed by atoms with Crippen LogP contribution in [0.25, 0.3) is 0 Å². The highest BCUT2D eigenvalue weighted by Crippen LogP contribution is 2.16. The summed E-state index contributed by atoms with van der Waals surface area (Å²) in [6.45, 7) is 6.54. The molecule has 0 bridgehead atoms. The summed E-state index contributed by atoms with van der Waals surface area (Å²) in [5.41, 5.74) is 0. The molecule has 1 aliphatic heterocycles. The Morgan fingerprint density at radius 3 is 2.56 bits per heavy atom. The minimum Gasteiger partial charge on any atom is -0.371 e. The molecule has 1 fully saturated rings. The van der Waals surface area contributed by atoms with Gasteiger partial charge in [-0.2, -0.15) is 0 Å². The minimum atomic E-state index is 0.282. The summed E-state index contributed by atoms with van der Waals surface area (Å²) in [6.07, 6.45) is 12.5. The normalized spacial score (nSPS) is 22.2. The second-order valence-corrected chi connectivity index (χ2v) is 4.50. The third-order valence-electron chi connectivity index (χ3n) is 3.06. The average Bonchev–Trinajstić information content (AvgIpc) is 2.31. The number of ether oxygens (including phenoxy) is 1. The molecule has 0 N–H and O–H groups in total. The van der Waals surface area contributed by atoms with Gasteiger partial charge in [0.05, 0.1) is 12.2 Å². The number of allylic oxidation sites excluding steroid dienone is 3. The highest BCUT2D eigenvalue weighted by atomic mass is 16.5. The fraction of sp³-hybridized carbons (Fsp3) is 0.714. The van der Waals surface area contributed by atoms with Crippen molar-refractivity contribution in [1.29, 1.82) is 0 Å². The van der Waals surface area contributed by atoms with Crippen LogP contribution in [0.3, 0.4) is 0 Å². The van der Waals surface area contributed by atoms with Crippen molar-refractivity contribution in [2.45, 2.75) is 45.3 Å². The Hall–Kier alpha value is -0.600. The highest BCUT2D eigenvalue weighted by Gasteiger charge is 2.19. The van der Waals surface area contributed by atoms with Gasteiger partial charge in [-0.15, -0.1) is 0 Å². The molecule has 0 aromatic heterocycles. The van der Waals surface area contributed by atoms with E-state index in [1.165, 1.54) is 25.9 Å². The first kappa shape index (κ1) is 13.5. The fourth-order valence-corrected chi connectivity index (χ4v) is 1.95. The van der Waals surface area contributed by atoms with Crippen LogP contribution in [0.4, 0.5) is 0 Å². The predicted octanol–water partition coefficient (Wildman–Crippen LogP) is 3.01. The lowest BCUT2D eigenvalue weighted by atomic mass is 10.1. The van der Waals surface area contributed by atoms with Crippen molar-refractivity contribution in [2.24, 2.45) is 0 Å². The molecule has 0 aromatic carbocycles. The quantitative estimate of drug-likeness (QED) is 0.664. The van der Waals surface area contributed by atoms with Gasteiger partial charge in [0.1, 0.15) is 0 Å².